The van der Waals surface area contributed by atoms with Crippen molar-refractivity contribution < 1.29 is 692 Å². The normalized spacial score (nSPS) is 26.0. The molecule has 66 nitrogen and oxygen atoms in total. The summed E-state index contributed by atoms with van der Waals surface area (Å²) in [6.45, 7) is -6.21. The van der Waals surface area contributed by atoms with E-state index in [0.717, 1.165) is 48.5 Å². The summed E-state index contributed by atoms with van der Waals surface area (Å²) in [5.74, 6) is -1.32. The van der Waals surface area contributed by atoms with Crippen LogP contribution in [-0.2, 0) is 233 Å². The molecule has 94 heteroatoms. The Morgan fingerprint density at radius 1 is 0.246 bits per heavy atom. The van der Waals surface area contributed by atoms with Gasteiger partial charge in [0, 0.05) is 11.4 Å². The van der Waals surface area contributed by atoms with Gasteiger partial charge in [-0.15, -0.1) is 0 Å². The summed E-state index contributed by atoms with van der Waals surface area (Å²) >= 11 is 0. The maximum absolute atomic E-state index is 12.6. The molecule has 0 bridgehead atoms. The summed E-state index contributed by atoms with van der Waals surface area (Å²) in [6.07, 6.45) is -64.3. The van der Waals surface area contributed by atoms with E-state index in [4.69, 9.17) is 37.9 Å². The van der Waals surface area contributed by atoms with Gasteiger partial charge < -0.3 is 48.5 Å². The smallest absolute Gasteiger partial charge is 0.462 e. The number of hydrogen-bond donors (Lipinski definition) is 16. The van der Waals surface area contributed by atoms with Crippen molar-refractivity contribution >= 4 is 157 Å². The quantitative estimate of drug-likeness (QED) is 0.0166. The van der Waals surface area contributed by atoms with E-state index in [1.165, 1.54) is 0 Å². The van der Waals surface area contributed by atoms with Gasteiger partial charge in [-0.05, 0) is 55.0 Å². The fourth-order valence-corrected chi connectivity index (χ4v) is 16.8. The maximum atomic E-state index is 12.6. The molecule has 0 amide bonds. The summed E-state index contributed by atoms with van der Waals surface area (Å²) in [4.78, 5) is 0. The predicted octanol–water partition coefficient (Wildman–Crippen LogP) is -50.0. The molecular weight excluding hydrogens is 2300 g/mol. The zero-order chi connectivity index (χ0) is 91.3. The van der Waals surface area contributed by atoms with Crippen LogP contribution >= 0.6 is 0 Å². The van der Waals surface area contributed by atoms with Crippen molar-refractivity contribution in [3.63, 3.8) is 0 Å². The van der Waals surface area contributed by atoms with Gasteiger partial charge in [0.1, 0.15) is 84.7 Å². The van der Waals surface area contributed by atoms with E-state index in [2.05, 4.69) is 69.2 Å². The molecule has 0 spiro atoms. The maximum Gasteiger partial charge on any atom is 1.00 e. The summed E-state index contributed by atoms with van der Waals surface area (Å²) in [5.41, 5.74) is -0.0298. The number of ether oxygens (including phenoxy) is 8. The number of benzene rings is 2. The Kier molecular flexibility index (Phi) is 80.5. The third-order valence-electron chi connectivity index (χ3n) is 14.3. The first-order valence-corrected chi connectivity index (χ1v) is 49.2. The van der Waals surface area contributed by atoms with E-state index in [1.54, 1.807) is 6.92 Å². The predicted molar refractivity (Wildman–Crippen MR) is 359 cm³/mol. The summed E-state index contributed by atoms with van der Waals surface area (Å²) in [5, 5.41) is 5.86. The fraction of sp³-hybridized carbons (Fsp3) is 0.700. The molecule has 0 unspecified atom stereocenters. The Balaban J connectivity index is -0.00000159. The van der Waals surface area contributed by atoms with E-state index in [9.17, 15) is 182 Å². The molecule has 6 rings (SSSR count). The summed E-state index contributed by atoms with van der Waals surface area (Å²) < 4.78 is 581. The van der Waals surface area contributed by atoms with Crippen LogP contribution in [0.1, 0.15) is 19.8 Å². The van der Waals surface area contributed by atoms with E-state index < -0.39 is 313 Å². The number of rotatable bonds is 46. The van der Waals surface area contributed by atoms with Gasteiger partial charge in [0.15, 0.2) is 37.0 Å². The van der Waals surface area contributed by atoms with Crippen LogP contribution < -0.4 is 434 Å². The molecular formula is C40H60N2Na14O64S14+14. The largest absolute Gasteiger partial charge is 1.00 e. The fourth-order valence-electron chi connectivity index (χ4n) is 10.6. The monoisotopic (exact) mass is 2360 g/mol. The van der Waals surface area contributed by atoms with Gasteiger partial charge >= 0.3 is 559 Å². The molecule has 4 aliphatic heterocycles. The van der Waals surface area contributed by atoms with Gasteiger partial charge in [0.05, 0.1) is 32.6 Å². The SMILES string of the molecule is CCCC(Nc1ccc(O[C@@H]2O[C@H](COS(=O)(=O)O)[C@@H](O[C@H]3O[C@H](COS(=O)(=O)O)[C@@H](OS(=O)(=O)O)[C@H](OS(=O)(=O)O)[C@H]3OS(=O)(=O)O)[C@H](OS(=O)(=O)O)[C@H]2OS(=O)(=O)O)cc1)Nc1ccc(O[C@@H]2O[C@H](COS(=O)(=O)O)[C@@H](O[C@H]3O[C@H](COS(=O)(=O)O)[C@@H](OS(=O)(=O)O)[C@H](OS(=O)(=O)O)[C@H]3OS(=O)(=O)O)[C@H](OS(=O)(=O)O)[C@H]2OS(=O)(=O)O)cc1.[Na+].[Na+].[Na+].[Na+].[Na+].[Na+].[Na+].[Na+].[Na+].[Na+].[Na+].[Na+].[Na+].[Na+]. The molecule has 2 aromatic carbocycles. The van der Waals surface area contributed by atoms with Gasteiger partial charge in [-0.25, -0.2) is 58.6 Å². The van der Waals surface area contributed by atoms with Gasteiger partial charge in [0.25, 0.3) is 0 Å². The van der Waals surface area contributed by atoms with Crippen LogP contribution in [0.4, 0.5) is 11.4 Å². The molecule has 0 aromatic heterocycles. The second-order valence-corrected chi connectivity index (χ2v) is 37.9. The van der Waals surface area contributed by atoms with E-state index in [-0.39, 0.29) is 438 Å². The van der Waals surface area contributed by atoms with Gasteiger partial charge in [-0.2, -0.15) is 118 Å². The number of nitrogens with one attached hydrogen (secondary N) is 2. The molecule has 4 saturated heterocycles. The second kappa shape index (κ2) is 67.0. The minimum Gasteiger partial charge on any atom is -0.462 e. The van der Waals surface area contributed by atoms with E-state index in [1.807, 2.05) is 0 Å². The number of anilines is 2. The van der Waals surface area contributed by atoms with Crippen LogP contribution in [0.3, 0.4) is 0 Å². The van der Waals surface area contributed by atoms with Gasteiger partial charge in [0.2, 0.25) is 12.6 Å². The zero-order valence-corrected chi connectivity index (χ0v) is 111. The molecule has 0 saturated carbocycles. The molecule has 0 aliphatic carbocycles. The van der Waals surface area contributed by atoms with Gasteiger partial charge in [-0.1, -0.05) is 13.3 Å². The van der Waals surface area contributed by atoms with E-state index in [0.29, 0.717) is 0 Å². The third kappa shape index (κ3) is 63.1. The Morgan fingerprint density at radius 3 is 0.612 bits per heavy atom. The molecule has 2 aromatic rings. The van der Waals surface area contributed by atoms with Crippen LogP contribution in [0.2, 0.25) is 0 Å². The Bertz CT molecular complexity index is 5310. The van der Waals surface area contributed by atoms with Crippen molar-refractivity contribution in [1.82, 2.24) is 0 Å². The first kappa shape index (κ1) is 161. The van der Waals surface area contributed by atoms with Crippen molar-refractivity contribution in [2.75, 3.05) is 37.1 Å². The number of hydrogen-bond acceptors (Lipinski definition) is 52. The van der Waals surface area contributed by atoms with Gasteiger partial charge in [-0.3, -0.25) is 63.7 Å². The molecule has 0 radical (unpaired) electrons. The average Bonchev–Trinajstić information content (AvgIpc) is 0.756. The van der Waals surface area contributed by atoms with Crippen molar-refractivity contribution in [3.8, 4) is 11.5 Å². The minimum atomic E-state index is -6.32. The van der Waals surface area contributed by atoms with Crippen LogP contribution in [-0.4, -0.2) is 337 Å². The van der Waals surface area contributed by atoms with Crippen LogP contribution in [0.15, 0.2) is 48.5 Å². The Morgan fingerprint density at radius 2 is 0.418 bits per heavy atom. The standard InChI is InChI=1S/C40H60N2O64S14.14Na/c1-2-3-24(41-16-4-8-18(9-5-16)89-37-33(103-117(73,74)75)29(99-113(61,62)63)25(20(91-37)12-85-107(43,44)45)95-39-35(105-119(79,80)81)31(101-115(67,68)69)27(97-111(55,56)57)22(93-39)14-87-109(49,50)51)42-17-6-10-19(11-7-17)90-38-34(104-118(76,77)78)30(100-114(64,65)66)26(21(92-38)13-86-108(46,47)48)96-40-36(106-120(82,83)84)32(102-116(70,71)72)28(98-112(58,59)60)23(94-40)15-88-110(52,53)54;;;;;;;;;;;;;;/h4-11,20-42H,2-3,12-15H2,1H3,(H,43,44,45)(H,46,47,48)(H,49,50,51)(H,52,53,54)(H,55,56,57)(H,58,59,60)(H,61,62,63)(H,64,65,66)(H,67,68,69)(H,70,71,72)(H,73,74,75)(H,76,77,78)(H,79,80,81)(H,82,83,84);;;;;;;;;;;;;;/q;14*+1/t20-,21-,22-,23-,25-,26-,27-,28-,29+,30+,31+,32+,33-,34-,35-,36-,37-,38-,39-,40-;;;;;;;;;;;;;;/m1............../s1. The second-order valence-electron chi connectivity index (χ2n) is 23.0. The topological polar surface area (TPSA) is 988 Å². The Hall–Kier alpha value is 9.58. The van der Waals surface area contributed by atoms with Crippen molar-refractivity contribution in [1.29, 1.82) is 0 Å². The van der Waals surface area contributed by atoms with Crippen molar-refractivity contribution in [2.45, 2.75) is 149 Å². The Labute approximate surface area is 1070 Å². The molecule has 20 atom stereocenters. The molecule has 698 valence electrons. The van der Waals surface area contributed by atoms with E-state index >= 15 is 0 Å². The van der Waals surface area contributed by atoms with Crippen LogP contribution in [0, 0.1) is 0 Å². The van der Waals surface area contributed by atoms with Crippen molar-refractivity contribution in [2.24, 2.45) is 0 Å². The molecule has 4 fully saturated rings. The first-order chi connectivity index (χ1) is 54.0. The van der Waals surface area contributed by atoms with Crippen LogP contribution in [0.25, 0.3) is 0 Å². The van der Waals surface area contributed by atoms with Crippen molar-refractivity contribution in [3.05, 3.63) is 48.5 Å². The average molecular weight is 2360 g/mol. The molecule has 4 aliphatic rings. The summed E-state index contributed by atoms with van der Waals surface area (Å²) in [7, 11) is -86.0. The third-order valence-corrected chi connectivity index (χ3v) is 20.7. The molecule has 16 N–H and O–H groups in total. The zero-order valence-electron chi connectivity index (χ0n) is 71.4. The summed E-state index contributed by atoms with van der Waals surface area (Å²) in [6, 6.07) is 7.83. The molecule has 4 heterocycles. The first-order valence-electron chi connectivity index (χ1n) is 30.1. The van der Waals surface area contributed by atoms with Crippen LogP contribution in [0.5, 0.6) is 11.5 Å². The molecule has 134 heavy (non-hydrogen) atoms. The minimum absolute atomic E-state index is 0.